The number of hydrazine groups is 1. The summed E-state index contributed by atoms with van der Waals surface area (Å²) in [5.74, 6) is -1.55. The number of nitrogens with zero attached hydrogens (tertiary/aromatic N) is 3. The van der Waals surface area contributed by atoms with Crippen molar-refractivity contribution in [2.24, 2.45) is 4.99 Å². The highest BCUT2D eigenvalue weighted by molar-refractivity contribution is 6.45. The largest absolute Gasteiger partial charge is 0.376 e. The molecule has 1 N–H and O–H groups in total. The normalized spacial score (nSPS) is 22.1. The first-order chi connectivity index (χ1) is 13.0. The summed E-state index contributed by atoms with van der Waals surface area (Å²) < 4.78 is 0. The van der Waals surface area contributed by atoms with Crippen LogP contribution in [0.4, 0.5) is 0 Å². The van der Waals surface area contributed by atoms with Crippen LogP contribution in [0.5, 0.6) is 0 Å². The molecule has 3 rings (SSSR count). The Hall–Kier alpha value is -3.00. The summed E-state index contributed by atoms with van der Waals surface area (Å²) in [5.41, 5.74) is 2.78. The standard InChI is InChI=1S/C19H22N4O4/c1-13-8-6-7-11-23(13)18(25)15(12-16-19(26)27-21-22(16)2)20-17(24)14-9-4-3-5-10-14/h3-5,9-10,12-13,21H,6-8,11H2,1-2H3/b16-12+,20-15?. The fourth-order valence-corrected chi connectivity index (χ4v) is 3.08. The zero-order chi connectivity index (χ0) is 19.4. The minimum Gasteiger partial charge on any atom is -0.345 e. The van der Waals surface area contributed by atoms with Gasteiger partial charge in [0.1, 0.15) is 11.4 Å². The van der Waals surface area contributed by atoms with Gasteiger partial charge >= 0.3 is 5.97 Å². The van der Waals surface area contributed by atoms with E-state index in [0.717, 1.165) is 19.3 Å². The van der Waals surface area contributed by atoms with Gasteiger partial charge in [0.15, 0.2) is 0 Å². The number of likely N-dealkylation sites (N-methyl/N-ethyl adjacent to an activating group) is 1. The third kappa shape index (κ3) is 4.22. The Kier molecular flexibility index (Phi) is 5.66. The van der Waals surface area contributed by atoms with Crippen LogP contribution in [0.25, 0.3) is 0 Å². The lowest BCUT2D eigenvalue weighted by Crippen LogP contribution is -2.45. The molecule has 0 radical (unpaired) electrons. The summed E-state index contributed by atoms with van der Waals surface area (Å²) in [6.07, 6.45) is 4.15. The number of rotatable bonds is 3. The zero-order valence-corrected chi connectivity index (χ0v) is 15.3. The van der Waals surface area contributed by atoms with Crippen LogP contribution in [-0.4, -0.2) is 53.0 Å². The van der Waals surface area contributed by atoms with Gasteiger partial charge in [-0.15, -0.1) is 0 Å². The Morgan fingerprint density at radius 2 is 2.00 bits per heavy atom. The number of nitrogens with one attached hydrogen (secondary N) is 1. The molecule has 8 nitrogen and oxygen atoms in total. The molecule has 27 heavy (non-hydrogen) atoms. The van der Waals surface area contributed by atoms with Crippen molar-refractivity contribution < 1.29 is 19.2 Å². The lowest BCUT2D eigenvalue weighted by atomic mass is 10.0. The van der Waals surface area contributed by atoms with E-state index in [-0.39, 0.29) is 23.4 Å². The van der Waals surface area contributed by atoms with Gasteiger partial charge < -0.3 is 9.74 Å². The molecular weight excluding hydrogens is 348 g/mol. The third-order valence-corrected chi connectivity index (χ3v) is 4.64. The van der Waals surface area contributed by atoms with Crippen LogP contribution in [0, 0.1) is 0 Å². The molecule has 0 saturated carbocycles. The molecule has 0 aromatic heterocycles. The number of likely N-dealkylation sites (tertiary alicyclic amines) is 1. The van der Waals surface area contributed by atoms with Crippen LogP contribution in [0.1, 0.15) is 36.5 Å². The average Bonchev–Trinajstić information content (AvgIpc) is 3.00. The van der Waals surface area contributed by atoms with Crippen molar-refractivity contribution in [1.29, 1.82) is 0 Å². The van der Waals surface area contributed by atoms with Crippen molar-refractivity contribution >= 4 is 23.5 Å². The smallest absolute Gasteiger partial charge is 0.345 e. The minimum absolute atomic E-state index is 0.0491. The van der Waals surface area contributed by atoms with Gasteiger partial charge in [-0.3, -0.25) is 14.6 Å². The summed E-state index contributed by atoms with van der Waals surface area (Å²) in [7, 11) is 1.57. The average molecular weight is 370 g/mol. The number of benzene rings is 1. The van der Waals surface area contributed by atoms with Crippen molar-refractivity contribution in [1.82, 2.24) is 15.5 Å². The summed E-state index contributed by atoms with van der Waals surface area (Å²) in [6.45, 7) is 2.57. The monoisotopic (exact) mass is 370 g/mol. The predicted octanol–water partition coefficient (Wildman–Crippen LogP) is 1.46. The number of hydrogen-bond donors (Lipinski definition) is 1. The Labute approximate surface area is 157 Å². The van der Waals surface area contributed by atoms with E-state index >= 15 is 0 Å². The lowest BCUT2D eigenvalue weighted by Gasteiger charge is -2.33. The van der Waals surface area contributed by atoms with Crippen LogP contribution in [0.3, 0.4) is 0 Å². The molecule has 2 saturated heterocycles. The number of amides is 2. The molecule has 2 aliphatic heterocycles. The summed E-state index contributed by atoms with van der Waals surface area (Å²) >= 11 is 0. The molecule has 1 aromatic rings. The lowest BCUT2D eigenvalue weighted by molar-refractivity contribution is -0.142. The van der Waals surface area contributed by atoms with E-state index in [1.807, 2.05) is 6.92 Å². The number of hydrogen-bond acceptors (Lipinski definition) is 6. The van der Waals surface area contributed by atoms with E-state index in [1.54, 1.807) is 42.3 Å². The molecule has 1 aromatic carbocycles. The number of carbonyl (C=O) groups is 3. The van der Waals surface area contributed by atoms with Gasteiger partial charge in [0.2, 0.25) is 0 Å². The molecule has 0 bridgehead atoms. The second-order valence-corrected chi connectivity index (χ2v) is 6.58. The maximum atomic E-state index is 13.1. The topological polar surface area (TPSA) is 91.3 Å². The molecule has 142 valence electrons. The van der Waals surface area contributed by atoms with E-state index in [1.165, 1.54) is 11.1 Å². The SMILES string of the molecule is CC1CCCCN1C(=O)C(/C=C1\C(=O)ONN1C)=NC(=O)c1ccccc1. The fraction of sp³-hybridized carbons (Fsp3) is 0.368. The Balaban J connectivity index is 1.97. The summed E-state index contributed by atoms with van der Waals surface area (Å²) in [5, 5.41) is 1.33. The van der Waals surface area contributed by atoms with E-state index in [0.29, 0.717) is 12.1 Å². The van der Waals surface area contributed by atoms with Crippen LogP contribution in [0.15, 0.2) is 47.1 Å². The van der Waals surface area contributed by atoms with E-state index in [4.69, 9.17) is 4.84 Å². The Bertz CT molecular complexity index is 803. The van der Waals surface area contributed by atoms with Gasteiger partial charge in [0.25, 0.3) is 11.8 Å². The first-order valence-electron chi connectivity index (χ1n) is 8.88. The predicted molar refractivity (Wildman–Crippen MR) is 98.3 cm³/mol. The molecule has 0 aliphatic carbocycles. The molecule has 2 aliphatic rings. The molecule has 0 spiro atoms. The van der Waals surface area contributed by atoms with Crippen LogP contribution in [0.2, 0.25) is 0 Å². The van der Waals surface area contributed by atoms with Gasteiger partial charge in [0.05, 0.1) is 0 Å². The molecule has 8 heteroatoms. The van der Waals surface area contributed by atoms with Crippen LogP contribution in [-0.2, 0) is 14.4 Å². The Morgan fingerprint density at radius 3 is 2.63 bits per heavy atom. The summed E-state index contributed by atoms with van der Waals surface area (Å²) in [6, 6.07) is 8.54. The van der Waals surface area contributed by atoms with Crippen LogP contribution < -0.4 is 5.59 Å². The highest BCUT2D eigenvalue weighted by atomic mass is 16.7. The van der Waals surface area contributed by atoms with Crippen molar-refractivity contribution in [3.8, 4) is 0 Å². The van der Waals surface area contributed by atoms with Crippen LogP contribution >= 0.6 is 0 Å². The minimum atomic E-state index is -0.642. The number of carbonyl (C=O) groups excluding carboxylic acids is 3. The third-order valence-electron chi connectivity index (χ3n) is 4.64. The number of aliphatic imine (C=N–C) groups is 1. The van der Waals surface area contributed by atoms with Gasteiger partial charge in [-0.1, -0.05) is 23.8 Å². The van der Waals surface area contributed by atoms with Gasteiger partial charge in [-0.05, 0) is 38.3 Å². The second kappa shape index (κ2) is 8.13. The quantitative estimate of drug-likeness (QED) is 0.640. The Morgan fingerprint density at radius 1 is 1.26 bits per heavy atom. The van der Waals surface area contributed by atoms with Crippen molar-refractivity contribution in [2.75, 3.05) is 13.6 Å². The molecule has 1 unspecified atom stereocenters. The number of piperidine rings is 1. The van der Waals surface area contributed by atoms with Crippen molar-refractivity contribution in [3.05, 3.63) is 47.7 Å². The first-order valence-corrected chi connectivity index (χ1v) is 8.88. The zero-order valence-electron chi connectivity index (χ0n) is 15.3. The maximum Gasteiger partial charge on any atom is 0.376 e. The van der Waals surface area contributed by atoms with E-state index in [9.17, 15) is 14.4 Å². The van der Waals surface area contributed by atoms with Crippen molar-refractivity contribution in [2.45, 2.75) is 32.2 Å². The molecule has 2 fully saturated rings. The van der Waals surface area contributed by atoms with E-state index in [2.05, 4.69) is 10.6 Å². The van der Waals surface area contributed by atoms with Gasteiger partial charge in [-0.2, -0.15) is 0 Å². The first kappa shape index (κ1) is 18.8. The van der Waals surface area contributed by atoms with E-state index < -0.39 is 11.9 Å². The highest BCUT2D eigenvalue weighted by Crippen LogP contribution is 2.18. The summed E-state index contributed by atoms with van der Waals surface area (Å²) in [4.78, 5) is 47.9. The second-order valence-electron chi connectivity index (χ2n) is 6.58. The van der Waals surface area contributed by atoms with Crippen molar-refractivity contribution in [3.63, 3.8) is 0 Å². The fourth-order valence-electron chi connectivity index (χ4n) is 3.08. The molecular formula is C19H22N4O4. The molecule has 2 amide bonds. The molecule has 2 heterocycles. The maximum absolute atomic E-state index is 13.1. The highest BCUT2D eigenvalue weighted by Gasteiger charge is 2.30. The van der Waals surface area contributed by atoms with Gasteiger partial charge in [0, 0.05) is 31.3 Å². The van der Waals surface area contributed by atoms with Gasteiger partial charge in [-0.25, -0.2) is 9.79 Å². The molecule has 1 atom stereocenters.